The topological polar surface area (TPSA) is 64.0 Å². The summed E-state index contributed by atoms with van der Waals surface area (Å²) in [5, 5.41) is 9.91. The third kappa shape index (κ3) is 4.70. The van der Waals surface area contributed by atoms with E-state index < -0.39 is 5.41 Å². The van der Waals surface area contributed by atoms with Crippen molar-refractivity contribution in [3.05, 3.63) is 75.9 Å². The summed E-state index contributed by atoms with van der Waals surface area (Å²) in [6.45, 7) is 4.51. The van der Waals surface area contributed by atoms with Gasteiger partial charge in [-0.2, -0.15) is 5.10 Å². The van der Waals surface area contributed by atoms with E-state index in [-0.39, 0.29) is 23.4 Å². The Labute approximate surface area is 193 Å². The highest BCUT2D eigenvalue weighted by molar-refractivity contribution is 7.13. The molecule has 0 radical (unpaired) electrons. The minimum atomic E-state index is -0.496. The van der Waals surface area contributed by atoms with Gasteiger partial charge >= 0.3 is 0 Å². The first-order valence-corrected chi connectivity index (χ1v) is 12.4. The average Bonchev–Trinajstić information content (AvgIpc) is 3.36. The fourth-order valence-corrected chi connectivity index (χ4v) is 5.30. The van der Waals surface area contributed by atoms with Crippen molar-refractivity contribution in [2.24, 2.45) is 5.92 Å². The number of benzene rings is 1. The molecule has 1 aliphatic carbocycles. The summed E-state index contributed by atoms with van der Waals surface area (Å²) in [6.07, 6.45) is 5.00. The molecule has 0 bridgehead atoms. The summed E-state index contributed by atoms with van der Waals surface area (Å²) in [4.78, 5) is 27.3. The lowest BCUT2D eigenvalue weighted by atomic mass is 9.68. The van der Waals surface area contributed by atoms with Gasteiger partial charge in [-0.25, -0.2) is 4.68 Å². The highest BCUT2D eigenvalue weighted by Crippen LogP contribution is 2.40. The Balaban J connectivity index is 1.59. The summed E-state index contributed by atoms with van der Waals surface area (Å²) in [5.74, 6) is 0.235. The Morgan fingerprint density at radius 1 is 1.06 bits per heavy atom. The van der Waals surface area contributed by atoms with Gasteiger partial charge in [0.15, 0.2) is 0 Å². The second-order valence-corrected chi connectivity index (χ2v) is 10.00. The summed E-state index contributed by atoms with van der Waals surface area (Å²) in [7, 11) is 0. The van der Waals surface area contributed by atoms with Crippen molar-refractivity contribution in [1.29, 1.82) is 0 Å². The summed E-state index contributed by atoms with van der Waals surface area (Å²) in [6, 6.07) is 17.3. The summed E-state index contributed by atoms with van der Waals surface area (Å²) < 4.78 is 1.50. The van der Waals surface area contributed by atoms with Crippen LogP contribution in [-0.4, -0.2) is 21.7 Å². The highest BCUT2D eigenvalue weighted by Gasteiger charge is 2.42. The molecule has 32 heavy (non-hydrogen) atoms. The molecule has 168 valence electrons. The molecule has 5 nitrogen and oxygen atoms in total. The molecule has 0 aliphatic heterocycles. The van der Waals surface area contributed by atoms with E-state index in [0.29, 0.717) is 6.54 Å². The van der Waals surface area contributed by atoms with Gasteiger partial charge < -0.3 is 5.32 Å². The molecule has 0 saturated heterocycles. The number of amides is 1. The minimum absolute atomic E-state index is 0.0737. The van der Waals surface area contributed by atoms with E-state index >= 15 is 0 Å². The second kappa shape index (κ2) is 9.82. The van der Waals surface area contributed by atoms with Gasteiger partial charge in [0.2, 0.25) is 5.91 Å². The van der Waals surface area contributed by atoms with Gasteiger partial charge in [0.05, 0.1) is 22.9 Å². The molecule has 1 amide bonds. The van der Waals surface area contributed by atoms with Crippen LogP contribution in [0.4, 0.5) is 0 Å². The molecule has 0 spiro atoms. The van der Waals surface area contributed by atoms with Crippen LogP contribution >= 0.6 is 11.3 Å². The Kier molecular flexibility index (Phi) is 6.89. The van der Waals surface area contributed by atoms with Crippen molar-refractivity contribution in [3.8, 4) is 10.6 Å². The molecule has 1 saturated carbocycles. The summed E-state index contributed by atoms with van der Waals surface area (Å²) >= 11 is 1.59. The summed E-state index contributed by atoms with van der Waals surface area (Å²) in [5.41, 5.74) is 1.22. The lowest BCUT2D eigenvalue weighted by Crippen LogP contribution is -2.52. The molecule has 1 fully saturated rings. The van der Waals surface area contributed by atoms with Crippen molar-refractivity contribution in [2.75, 3.05) is 0 Å². The first-order valence-electron chi connectivity index (χ1n) is 11.5. The number of carbonyl (C=O) groups excluding carboxylic acids is 1. The molecule has 1 aliphatic rings. The van der Waals surface area contributed by atoms with Crippen LogP contribution in [0.15, 0.2) is 64.8 Å². The standard InChI is InChI=1S/C26H31N3O2S/c1-19(2)22(18-29-24(30)14-13-21(28-29)23-12-9-17-32-23)27-25(31)26(15-7-4-8-16-26)20-10-5-3-6-11-20/h3,5-6,9-14,17,19,22H,4,7-8,15-16,18H2,1-2H3,(H,27,31)/t22-/m1/s1. The predicted molar refractivity (Wildman–Crippen MR) is 130 cm³/mol. The largest absolute Gasteiger partial charge is 0.350 e. The number of rotatable bonds is 7. The molecular formula is C26H31N3O2S. The number of nitrogens with zero attached hydrogens (tertiary/aromatic N) is 2. The van der Waals surface area contributed by atoms with E-state index in [4.69, 9.17) is 0 Å². The van der Waals surface area contributed by atoms with Crippen LogP contribution in [0.2, 0.25) is 0 Å². The van der Waals surface area contributed by atoms with Gasteiger partial charge in [-0.15, -0.1) is 11.3 Å². The zero-order valence-corrected chi connectivity index (χ0v) is 19.6. The average molecular weight is 450 g/mol. The van der Waals surface area contributed by atoms with Gasteiger partial charge in [-0.05, 0) is 41.8 Å². The molecular weight excluding hydrogens is 418 g/mol. The molecule has 6 heteroatoms. The SMILES string of the molecule is CC(C)[C@@H](Cn1nc(-c2cccs2)ccc1=O)NC(=O)C1(c2ccccc2)CCCCC1. The Hall–Kier alpha value is -2.73. The number of hydrogen-bond donors (Lipinski definition) is 1. The van der Waals surface area contributed by atoms with Crippen LogP contribution < -0.4 is 10.9 Å². The van der Waals surface area contributed by atoms with E-state index in [0.717, 1.165) is 41.8 Å². The van der Waals surface area contributed by atoms with Crippen molar-refractivity contribution < 1.29 is 4.79 Å². The maximum Gasteiger partial charge on any atom is 0.266 e. The zero-order chi connectivity index (χ0) is 22.6. The van der Waals surface area contributed by atoms with Gasteiger partial charge in [0.25, 0.3) is 5.56 Å². The van der Waals surface area contributed by atoms with E-state index in [2.05, 4.69) is 36.4 Å². The third-order valence-corrected chi connectivity index (χ3v) is 7.49. The van der Waals surface area contributed by atoms with Crippen LogP contribution in [0.3, 0.4) is 0 Å². The fourth-order valence-electron chi connectivity index (χ4n) is 4.61. The van der Waals surface area contributed by atoms with Crippen LogP contribution in [0.25, 0.3) is 10.6 Å². The van der Waals surface area contributed by atoms with E-state index in [9.17, 15) is 9.59 Å². The second-order valence-electron chi connectivity index (χ2n) is 9.05. The maximum absolute atomic E-state index is 13.7. The van der Waals surface area contributed by atoms with Gasteiger partial charge in [-0.1, -0.05) is 69.5 Å². The fraction of sp³-hybridized carbons (Fsp3) is 0.423. The monoisotopic (exact) mass is 449 g/mol. The molecule has 2 aromatic heterocycles. The number of carbonyl (C=O) groups is 1. The maximum atomic E-state index is 13.7. The third-order valence-electron chi connectivity index (χ3n) is 6.60. The number of hydrogen-bond acceptors (Lipinski definition) is 4. The lowest BCUT2D eigenvalue weighted by molar-refractivity contribution is -0.129. The lowest BCUT2D eigenvalue weighted by Gasteiger charge is -2.38. The molecule has 1 N–H and O–H groups in total. The highest BCUT2D eigenvalue weighted by atomic mass is 32.1. The number of nitrogens with one attached hydrogen (secondary N) is 1. The molecule has 3 aromatic rings. The van der Waals surface area contributed by atoms with Crippen molar-refractivity contribution in [2.45, 2.75) is 64.0 Å². The van der Waals surface area contributed by atoms with Gasteiger partial charge in [0.1, 0.15) is 5.69 Å². The Morgan fingerprint density at radius 2 is 1.81 bits per heavy atom. The zero-order valence-electron chi connectivity index (χ0n) is 18.8. The Bertz CT molecular complexity index is 1080. The van der Waals surface area contributed by atoms with Crippen LogP contribution in [-0.2, 0) is 16.8 Å². The minimum Gasteiger partial charge on any atom is -0.350 e. The molecule has 2 heterocycles. The van der Waals surface area contributed by atoms with Crippen LogP contribution in [0.1, 0.15) is 51.5 Å². The quantitative estimate of drug-likeness (QED) is 0.551. The van der Waals surface area contributed by atoms with Crippen molar-refractivity contribution >= 4 is 17.2 Å². The Morgan fingerprint density at radius 3 is 2.47 bits per heavy atom. The number of thiophene rings is 1. The van der Waals surface area contributed by atoms with E-state index in [1.165, 1.54) is 11.1 Å². The molecule has 1 atom stereocenters. The molecule has 0 unspecified atom stereocenters. The van der Waals surface area contributed by atoms with Crippen LogP contribution in [0, 0.1) is 5.92 Å². The predicted octanol–water partition coefficient (Wildman–Crippen LogP) is 5.01. The van der Waals surface area contributed by atoms with Crippen molar-refractivity contribution in [3.63, 3.8) is 0 Å². The van der Waals surface area contributed by atoms with E-state index in [1.54, 1.807) is 23.5 Å². The first-order chi connectivity index (χ1) is 15.5. The smallest absolute Gasteiger partial charge is 0.266 e. The van der Waals surface area contributed by atoms with Crippen molar-refractivity contribution in [1.82, 2.24) is 15.1 Å². The molecule has 1 aromatic carbocycles. The first kappa shape index (κ1) is 22.5. The van der Waals surface area contributed by atoms with Gasteiger partial charge in [-0.3, -0.25) is 9.59 Å². The number of aromatic nitrogens is 2. The van der Waals surface area contributed by atoms with Crippen LogP contribution in [0.5, 0.6) is 0 Å². The normalized spacial score (nSPS) is 16.6. The van der Waals surface area contributed by atoms with E-state index in [1.807, 2.05) is 35.7 Å². The van der Waals surface area contributed by atoms with Gasteiger partial charge in [0, 0.05) is 6.07 Å². The molecule has 4 rings (SSSR count).